The van der Waals surface area contributed by atoms with Gasteiger partial charge in [0, 0.05) is 44.5 Å². The summed E-state index contributed by atoms with van der Waals surface area (Å²) in [4.78, 5) is 4.94. The number of piperazine rings is 1. The van der Waals surface area contributed by atoms with E-state index in [1.54, 1.807) is 12.1 Å². The van der Waals surface area contributed by atoms with Gasteiger partial charge in [-0.3, -0.25) is 4.90 Å². The molecule has 0 bridgehead atoms. The lowest BCUT2D eigenvalue weighted by atomic mass is 10.1. The summed E-state index contributed by atoms with van der Waals surface area (Å²) in [6, 6.07) is 7.49. The van der Waals surface area contributed by atoms with Gasteiger partial charge in [0.1, 0.15) is 5.82 Å². The van der Waals surface area contributed by atoms with E-state index in [0.717, 1.165) is 45.0 Å². The monoisotopic (exact) mass is 293 g/mol. The molecule has 1 N–H and O–H groups in total. The maximum atomic E-state index is 13.0. The van der Waals surface area contributed by atoms with Crippen molar-refractivity contribution in [3.63, 3.8) is 0 Å². The van der Waals surface area contributed by atoms with Crippen molar-refractivity contribution in [2.75, 3.05) is 44.2 Å². The standard InChI is InChI=1S/C17H28FN3/c1-3-9-19-14-16(4-2)20-10-12-21(13-11-20)17-7-5-15(18)6-8-17/h5-8,16,19H,3-4,9-14H2,1-2H3. The summed E-state index contributed by atoms with van der Waals surface area (Å²) in [5.74, 6) is -0.162. The molecule has 0 radical (unpaired) electrons. The van der Waals surface area contributed by atoms with Gasteiger partial charge in [-0.2, -0.15) is 0 Å². The Morgan fingerprint density at radius 1 is 1.10 bits per heavy atom. The van der Waals surface area contributed by atoms with E-state index in [1.165, 1.54) is 12.8 Å². The van der Waals surface area contributed by atoms with Crippen molar-refractivity contribution in [1.82, 2.24) is 10.2 Å². The second-order valence-electron chi connectivity index (χ2n) is 5.77. The van der Waals surface area contributed by atoms with Gasteiger partial charge >= 0.3 is 0 Å². The highest BCUT2D eigenvalue weighted by Gasteiger charge is 2.22. The lowest BCUT2D eigenvalue weighted by Gasteiger charge is -2.40. The first-order valence-corrected chi connectivity index (χ1v) is 8.19. The Balaban J connectivity index is 1.82. The third-order valence-electron chi connectivity index (χ3n) is 4.30. The molecule has 0 saturated carbocycles. The second-order valence-corrected chi connectivity index (χ2v) is 5.77. The van der Waals surface area contributed by atoms with Crippen LogP contribution >= 0.6 is 0 Å². The number of anilines is 1. The molecule has 21 heavy (non-hydrogen) atoms. The lowest BCUT2D eigenvalue weighted by molar-refractivity contribution is 0.176. The van der Waals surface area contributed by atoms with E-state index < -0.39 is 0 Å². The topological polar surface area (TPSA) is 18.5 Å². The van der Waals surface area contributed by atoms with Crippen LogP contribution in [-0.2, 0) is 0 Å². The molecule has 1 aromatic rings. The first-order chi connectivity index (χ1) is 10.2. The molecule has 1 fully saturated rings. The number of hydrogen-bond acceptors (Lipinski definition) is 3. The Bertz CT molecular complexity index is 399. The molecular formula is C17H28FN3. The summed E-state index contributed by atoms with van der Waals surface area (Å²) < 4.78 is 13.0. The summed E-state index contributed by atoms with van der Waals surface area (Å²) in [5, 5.41) is 3.54. The lowest BCUT2D eigenvalue weighted by Crippen LogP contribution is -2.52. The van der Waals surface area contributed by atoms with Crippen LogP contribution in [0.15, 0.2) is 24.3 Å². The predicted octanol–water partition coefficient (Wildman–Crippen LogP) is 2.73. The predicted molar refractivity (Wildman–Crippen MR) is 87.4 cm³/mol. The molecule has 1 atom stereocenters. The summed E-state index contributed by atoms with van der Waals surface area (Å²) in [7, 11) is 0. The maximum absolute atomic E-state index is 13.0. The van der Waals surface area contributed by atoms with Crippen molar-refractivity contribution in [3.8, 4) is 0 Å². The zero-order valence-electron chi connectivity index (χ0n) is 13.3. The number of nitrogens with one attached hydrogen (secondary N) is 1. The first-order valence-electron chi connectivity index (χ1n) is 8.19. The minimum absolute atomic E-state index is 0.162. The molecule has 118 valence electrons. The summed E-state index contributed by atoms with van der Waals surface area (Å²) in [6.45, 7) is 10.9. The van der Waals surface area contributed by atoms with Crippen LogP contribution < -0.4 is 10.2 Å². The zero-order chi connectivity index (χ0) is 15.1. The molecule has 0 aromatic heterocycles. The van der Waals surface area contributed by atoms with Crippen LogP contribution in [0.1, 0.15) is 26.7 Å². The van der Waals surface area contributed by atoms with Gasteiger partial charge in [-0.05, 0) is 43.7 Å². The third-order valence-corrected chi connectivity index (χ3v) is 4.30. The largest absolute Gasteiger partial charge is 0.369 e. The van der Waals surface area contributed by atoms with Crippen LogP contribution in [0.4, 0.5) is 10.1 Å². The molecular weight excluding hydrogens is 265 g/mol. The second kappa shape index (κ2) is 8.35. The van der Waals surface area contributed by atoms with E-state index in [4.69, 9.17) is 0 Å². The molecule has 4 heteroatoms. The van der Waals surface area contributed by atoms with Crippen molar-refractivity contribution in [2.45, 2.75) is 32.7 Å². The van der Waals surface area contributed by atoms with Crippen LogP contribution in [0.25, 0.3) is 0 Å². The Morgan fingerprint density at radius 2 is 1.76 bits per heavy atom. The van der Waals surface area contributed by atoms with Gasteiger partial charge in [-0.1, -0.05) is 13.8 Å². The Morgan fingerprint density at radius 3 is 2.33 bits per heavy atom. The fourth-order valence-electron chi connectivity index (χ4n) is 2.97. The molecule has 0 spiro atoms. The van der Waals surface area contributed by atoms with Crippen molar-refractivity contribution < 1.29 is 4.39 Å². The van der Waals surface area contributed by atoms with Crippen LogP contribution in [0.5, 0.6) is 0 Å². The summed E-state index contributed by atoms with van der Waals surface area (Å²) in [6.07, 6.45) is 2.38. The average molecular weight is 293 g/mol. The van der Waals surface area contributed by atoms with Crippen molar-refractivity contribution in [1.29, 1.82) is 0 Å². The third kappa shape index (κ3) is 4.68. The molecule has 1 aliphatic rings. The molecule has 1 saturated heterocycles. The Kier molecular flexibility index (Phi) is 6.46. The van der Waals surface area contributed by atoms with E-state index in [1.807, 2.05) is 12.1 Å². The van der Waals surface area contributed by atoms with Gasteiger partial charge in [0.2, 0.25) is 0 Å². The van der Waals surface area contributed by atoms with E-state index in [2.05, 4.69) is 29.0 Å². The quantitative estimate of drug-likeness (QED) is 0.780. The van der Waals surface area contributed by atoms with Crippen LogP contribution in [0.2, 0.25) is 0 Å². The van der Waals surface area contributed by atoms with Crippen molar-refractivity contribution in [2.24, 2.45) is 0 Å². The molecule has 1 heterocycles. The average Bonchev–Trinajstić information content (AvgIpc) is 2.53. The minimum atomic E-state index is -0.162. The Labute approximate surface area is 128 Å². The van der Waals surface area contributed by atoms with E-state index in [-0.39, 0.29) is 5.82 Å². The van der Waals surface area contributed by atoms with Gasteiger partial charge in [0.05, 0.1) is 0 Å². The van der Waals surface area contributed by atoms with Crippen LogP contribution in [0, 0.1) is 5.82 Å². The van der Waals surface area contributed by atoms with Gasteiger partial charge in [0.25, 0.3) is 0 Å². The van der Waals surface area contributed by atoms with Gasteiger partial charge in [0.15, 0.2) is 0 Å². The first kappa shape index (κ1) is 16.2. The molecule has 0 amide bonds. The fourth-order valence-corrected chi connectivity index (χ4v) is 2.97. The van der Waals surface area contributed by atoms with Gasteiger partial charge < -0.3 is 10.2 Å². The highest BCUT2D eigenvalue weighted by molar-refractivity contribution is 5.46. The molecule has 1 aromatic carbocycles. The highest BCUT2D eigenvalue weighted by Crippen LogP contribution is 2.18. The fraction of sp³-hybridized carbons (Fsp3) is 0.647. The number of halogens is 1. The highest BCUT2D eigenvalue weighted by atomic mass is 19.1. The van der Waals surface area contributed by atoms with Crippen molar-refractivity contribution >= 4 is 5.69 Å². The normalized spacial score (nSPS) is 18.0. The Hall–Kier alpha value is -1.13. The van der Waals surface area contributed by atoms with E-state index in [0.29, 0.717) is 6.04 Å². The number of nitrogens with zero attached hydrogens (tertiary/aromatic N) is 2. The van der Waals surface area contributed by atoms with E-state index in [9.17, 15) is 4.39 Å². The van der Waals surface area contributed by atoms with Crippen molar-refractivity contribution in [3.05, 3.63) is 30.1 Å². The van der Waals surface area contributed by atoms with Crippen LogP contribution in [0.3, 0.4) is 0 Å². The molecule has 2 rings (SSSR count). The minimum Gasteiger partial charge on any atom is -0.369 e. The van der Waals surface area contributed by atoms with E-state index >= 15 is 0 Å². The number of rotatable bonds is 7. The zero-order valence-corrected chi connectivity index (χ0v) is 13.3. The van der Waals surface area contributed by atoms with Gasteiger partial charge in [-0.15, -0.1) is 0 Å². The van der Waals surface area contributed by atoms with Gasteiger partial charge in [-0.25, -0.2) is 4.39 Å². The number of benzene rings is 1. The summed E-state index contributed by atoms with van der Waals surface area (Å²) in [5.41, 5.74) is 1.13. The molecule has 3 nitrogen and oxygen atoms in total. The maximum Gasteiger partial charge on any atom is 0.123 e. The number of hydrogen-bond donors (Lipinski definition) is 1. The van der Waals surface area contributed by atoms with Crippen LogP contribution in [-0.4, -0.2) is 50.2 Å². The SMILES string of the molecule is CCCNCC(CC)N1CCN(c2ccc(F)cc2)CC1. The summed E-state index contributed by atoms with van der Waals surface area (Å²) >= 11 is 0. The smallest absolute Gasteiger partial charge is 0.123 e. The molecule has 1 unspecified atom stereocenters. The molecule has 0 aliphatic carbocycles. The molecule has 1 aliphatic heterocycles.